The number of carbonyl (C=O) groups is 1. The molecule has 0 aliphatic heterocycles. The number of fused-ring (bicyclic) bond motifs is 1. The van der Waals surface area contributed by atoms with Gasteiger partial charge in [0.1, 0.15) is 10.7 Å². The zero-order valence-electron chi connectivity index (χ0n) is 12.6. The minimum atomic E-state index is -0.176. The van der Waals surface area contributed by atoms with E-state index in [2.05, 4.69) is 29.1 Å². The van der Waals surface area contributed by atoms with Crippen LogP contribution in [0.25, 0.3) is 11.0 Å². The minimum absolute atomic E-state index is 0.172. The first-order valence-electron chi connectivity index (χ1n) is 6.81. The fourth-order valence-corrected chi connectivity index (χ4v) is 2.23. The Labute approximate surface area is 129 Å². The molecule has 0 bridgehead atoms. The minimum Gasteiger partial charge on any atom is -0.383 e. The lowest BCUT2D eigenvalue weighted by atomic mass is 10.1. The van der Waals surface area contributed by atoms with E-state index in [0.29, 0.717) is 22.8 Å². The molecule has 0 unspecified atom stereocenters. The second-order valence-corrected chi connectivity index (χ2v) is 5.86. The van der Waals surface area contributed by atoms with Crippen LogP contribution in [0, 0.1) is 5.92 Å². The highest BCUT2D eigenvalue weighted by atomic mass is 35.5. The summed E-state index contributed by atoms with van der Waals surface area (Å²) in [5, 5.41) is 4.29. The van der Waals surface area contributed by atoms with E-state index in [0.717, 1.165) is 11.9 Å². The normalized spacial score (nSPS) is 11.0. The third-order valence-electron chi connectivity index (χ3n) is 3.02. The Kier molecular flexibility index (Phi) is 4.63. The molecule has 0 aromatic carbocycles. The van der Waals surface area contributed by atoms with Crippen molar-refractivity contribution in [3.8, 4) is 0 Å². The summed E-state index contributed by atoms with van der Waals surface area (Å²) in [4.78, 5) is 22.4. The van der Waals surface area contributed by atoms with E-state index in [9.17, 15) is 4.79 Å². The standard InChI is InChI=1S/C15H19ClN4O/c1-9(2)8-18-12-10-6-5-7-17-14(10)19-13(16)11(12)15(21)20(3)4/h5-7,9H,8H2,1-4H3,(H,17,18,19). The molecular weight excluding hydrogens is 288 g/mol. The Hall–Kier alpha value is -1.88. The Morgan fingerprint density at radius 3 is 2.76 bits per heavy atom. The molecule has 2 aromatic heterocycles. The number of anilines is 1. The maximum atomic E-state index is 12.4. The van der Waals surface area contributed by atoms with Crippen molar-refractivity contribution < 1.29 is 4.79 Å². The lowest BCUT2D eigenvalue weighted by molar-refractivity contribution is 0.0828. The van der Waals surface area contributed by atoms with Crippen LogP contribution < -0.4 is 5.32 Å². The van der Waals surface area contributed by atoms with Crippen molar-refractivity contribution in [2.24, 2.45) is 5.92 Å². The molecule has 0 saturated heterocycles. The molecule has 0 aliphatic carbocycles. The van der Waals surface area contributed by atoms with Gasteiger partial charge in [-0.25, -0.2) is 9.97 Å². The van der Waals surface area contributed by atoms with E-state index in [1.807, 2.05) is 12.1 Å². The largest absolute Gasteiger partial charge is 0.383 e. The van der Waals surface area contributed by atoms with Gasteiger partial charge < -0.3 is 10.2 Å². The highest BCUT2D eigenvalue weighted by molar-refractivity contribution is 6.34. The third-order valence-corrected chi connectivity index (χ3v) is 3.30. The van der Waals surface area contributed by atoms with Gasteiger partial charge in [0, 0.05) is 32.2 Å². The van der Waals surface area contributed by atoms with Crippen LogP contribution in [-0.4, -0.2) is 41.4 Å². The molecule has 5 nitrogen and oxygen atoms in total. The second-order valence-electron chi connectivity index (χ2n) is 5.50. The summed E-state index contributed by atoms with van der Waals surface area (Å²) in [5.74, 6) is 0.260. The number of pyridine rings is 2. The van der Waals surface area contributed by atoms with Gasteiger partial charge in [0.25, 0.3) is 5.91 Å². The highest BCUT2D eigenvalue weighted by Crippen LogP contribution is 2.31. The number of nitrogens with one attached hydrogen (secondary N) is 1. The number of hydrogen-bond donors (Lipinski definition) is 1. The van der Waals surface area contributed by atoms with E-state index < -0.39 is 0 Å². The van der Waals surface area contributed by atoms with Crippen molar-refractivity contribution in [2.45, 2.75) is 13.8 Å². The Balaban J connectivity index is 2.66. The van der Waals surface area contributed by atoms with Gasteiger partial charge in [-0.15, -0.1) is 0 Å². The molecule has 0 spiro atoms. The van der Waals surface area contributed by atoms with Gasteiger partial charge in [-0.05, 0) is 18.1 Å². The van der Waals surface area contributed by atoms with E-state index in [1.165, 1.54) is 4.90 Å². The van der Waals surface area contributed by atoms with Crippen LogP contribution >= 0.6 is 11.6 Å². The zero-order chi connectivity index (χ0) is 15.6. The number of carbonyl (C=O) groups excluding carboxylic acids is 1. The fraction of sp³-hybridized carbons (Fsp3) is 0.400. The summed E-state index contributed by atoms with van der Waals surface area (Å²) < 4.78 is 0. The van der Waals surface area contributed by atoms with Crippen LogP contribution in [0.5, 0.6) is 0 Å². The van der Waals surface area contributed by atoms with Crippen LogP contribution in [0.4, 0.5) is 5.69 Å². The van der Waals surface area contributed by atoms with Crippen molar-refractivity contribution in [2.75, 3.05) is 26.0 Å². The molecular formula is C15H19ClN4O. The van der Waals surface area contributed by atoms with Gasteiger partial charge in [0.2, 0.25) is 0 Å². The average molecular weight is 307 g/mol. The quantitative estimate of drug-likeness (QED) is 0.882. The van der Waals surface area contributed by atoms with E-state index in [1.54, 1.807) is 20.3 Å². The molecule has 0 fully saturated rings. The molecule has 1 N–H and O–H groups in total. The first-order valence-corrected chi connectivity index (χ1v) is 7.19. The average Bonchev–Trinajstić information content (AvgIpc) is 2.43. The van der Waals surface area contributed by atoms with Crippen LogP contribution in [0.1, 0.15) is 24.2 Å². The van der Waals surface area contributed by atoms with Crippen LogP contribution in [0.2, 0.25) is 5.15 Å². The van der Waals surface area contributed by atoms with Gasteiger partial charge >= 0.3 is 0 Å². The summed E-state index contributed by atoms with van der Waals surface area (Å²) >= 11 is 6.22. The summed E-state index contributed by atoms with van der Waals surface area (Å²) in [5.41, 5.74) is 1.62. The van der Waals surface area contributed by atoms with Crippen molar-refractivity contribution in [1.29, 1.82) is 0 Å². The lowest BCUT2D eigenvalue weighted by Crippen LogP contribution is -2.24. The SMILES string of the molecule is CC(C)CNc1c(C(=O)N(C)C)c(Cl)nc2ncccc12. The number of amides is 1. The van der Waals surface area contributed by atoms with Crippen molar-refractivity contribution in [3.05, 3.63) is 29.0 Å². The molecule has 1 amide bonds. The molecule has 6 heteroatoms. The molecule has 0 radical (unpaired) electrons. The van der Waals surface area contributed by atoms with Gasteiger partial charge in [0.05, 0.1) is 5.69 Å². The highest BCUT2D eigenvalue weighted by Gasteiger charge is 2.22. The van der Waals surface area contributed by atoms with Gasteiger partial charge in [-0.2, -0.15) is 0 Å². The first kappa shape index (κ1) is 15.5. The smallest absolute Gasteiger partial charge is 0.258 e. The van der Waals surface area contributed by atoms with Crippen molar-refractivity contribution >= 4 is 34.2 Å². The number of aromatic nitrogens is 2. The van der Waals surface area contributed by atoms with Crippen LogP contribution in [-0.2, 0) is 0 Å². The molecule has 0 aliphatic rings. The number of halogens is 1. The Morgan fingerprint density at radius 2 is 2.14 bits per heavy atom. The third kappa shape index (κ3) is 3.24. The summed E-state index contributed by atoms with van der Waals surface area (Å²) in [6.45, 7) is 4.94. The monoisotopic (exact) mass is 306 g/mol. The molecule has 0 atom stereocenters. The molecule has 2 rings (SSSR count). The van der Waals surface area contributed by atoms with Crippen molar-refractivity contribution in [3.63, 3.8) is 0 Å². The maximum Gasteiger partial charge on any atom is 0.258 e. The Bertz CT molecular complexity index is 670. The molecule has 112 valence electrons. The Morgan fingerprint density at radius 1 is 1.43 bits per heavy atom. The predicted octanol–water partition coefficient (Wildman–Crippen LogP) is 3.05. The second kappa shape index (κ2) is 6.26. The van der Waals surface area contributed by atoms with Gasteiger partial charge in [-0.3, -0.25) is 4.79 Å². The number of hydrogen-bond acceptors (Lipinski definition) is 4. The summed E-state index contributed by atoms with van der Waals surface area (Å²) in [7, 11) is 3.39. The molecule has 21 heavy (non-hydrogen) atoms. The summed E-state index contributed by atoms with van der Waals surface area (Å²) in [6, 6.07) is 3.71. The maximum absolute atomic E-state index is 12.4. The van der Waals surface area contributed by atoms with E-state index in [4.69, 9.17) is 11.6 Å². The van der Waals surface area contributed by atoms with Crippen LogP contribution in [0.15, 0.2) is 18.3 Å². The summed E-state index contributed by atoms with van der Waals surface area (Å²) in [6.07, 6.45) is 1.66. The topological polar surface area (TPSA) is 58.1 Å². The zero-order valence-corrected chi connectivity index (χ0v) is 13.4. The lowest BCUT2D eigenvalue weighted by Gasteiger charge is -2.18. The van der Waals surface area contributed by atoms with Crippen LogP contribution in [0.3, 0.4) is 0 Å². The van der Waals surface area contributed by atoms with Crippen molar-refractivity contribution in [1.82, 2.24) is 14.9 Å². The van der Waals surface area contributed by atoms with Gasteiger partial charge in [-0.1, -0.05) is 25.4 Å². The number of rotatable bonds is 4. The molecule has 2 aromatic rings. The first-order chi connectivity index (χ1) is 9.91. The predicted molar refractivity (Wildman–Crippen MR) is 85.9 cm³/mol. The van der Waals surface area contributed by atoms with E-state index >= 15 is 0 Å². The number of nitrogens with zero attached hydrogens (tertiary/aromatic N) is 3. The van der Waals surface area contributed by atoms with E-state index in [-0.39, 0.29) is 11.1 Å². The fourth-order valence-electron chi connectivity index (χ4n) is 1.98. The molecule has 0 saturated carbocycles. The van der Waals surface area contributed by atoms with Gasteiger partial charge in [0.15, 0.2) is 5.65 Å². The molecule has 2 heterocycles.